The number of carboxylic acid groups (broad SMARTS) is 1. The molecule has 0 aliphatic carbocycles. The maximum Gasteiger partial charge on any atom is 0.304 e. The van der Waals surface area contributed by atoms with Gasteiger partial charge in [-0.05, 0) is 24.4 Å². The monoisotopic (exact) mass is 312 g/mol. The third kappa shape index (κ3) is 5.57. The fourth-order valence-corrected chi connectivity index (χ4v) is 1.93. The SMILES string of the molecule is COc1ccccc1NC(=S)NCC(C)(CO)CC(=O)O. The van der Waals surface area contributed by atoms with Crippen LogP contribution in [0.2, 0.25) is 0 Å². The first-order valence-electron chi connectivity index (χ1n) is 6.41. The van der Waals surface area contributed by atoms with Crippen LogP contribution in [0.1, 0.15) is 13.3 Å². The first kappa shape index (κ1) is 17.2. The van der Waals surface area contributed by atoms with Crippen molar-refractivity contribution in [3.8, 4) is 5.75 Å². The van der Waals surface area contributed by atoms with Gasteiger partial charge in [0.1, 0.15) is 5.75 Å². The number of carbonyl (C=O) groups is 1. The number of benzene rings is 1. The summed E-state index contributed by atoms with van der Waals surface area (Å²) in [5, 5.41) is 24.4. The Balaban J connectivity index is 2.59. The van der Waals surface area contributed by atoms with E-state index in [1.807, 2.05) is 18.2 Å². The van der Waals surface area contributed by atoms with Gasteiger partial charge in [-0.25, -0.2) is 0 Å². The number of nitrogens with one attached hydrogen (secondary N) is 2. The fourth-order valence-electron chi connectivity index (χ4n) is 1.75. The molecule has 6 nitrogen and oxygen atoms in total. The molecule has 0 aliphatic heterocycles. The van der Waals surface area contributed by atoms with Gasteiger partial charge in [-0.2, -0.15) is 0 Å². The van der Waals surface area contributed by atoms with E-state index in [2.05, 4.69) is 10.6 Å². The highest BCUT2D eigenvalue weighted by Crippen LogP contribution is 2.23. The highest BCUT2D eigenvalue weighted by atomic mass is 32.1. The van der Waals surface area contributed by atoms with Crippen LogP contribution in [-0.4, -0.2) is 41.6 Å². The standard InChI is InChI=1S/C14H20N2O4S/c1-14(9-17,7-12(18)19)8-15-13(21)16-10-5-3-4-6-11(10)20-2/h3-6,17H,7-9H2,1-2H3,(H,18,19)(H2,15,16,21). The van der Waals surface area contributed by atoms with E-state index in [4.69, 9.17) is 22.1 Å². The number of aliphatic hydroxyl groups is 1. The molecule has 1 rings (SSSR count). The smallest absolute Gasteiger partial charge is 0.304 e. The van der Waals surface area contributed by atoms with Crippen molar-refractivity contribution in [1.29, 1.82) is 0 Å². The van der Waals surface area contributed by atoms with Crippen molar-refractivity contribution in [2.45, 2.75) is 13.3 Å². The van der Waals surface area contributed by atoms with Gasteiger partial charge >= 0.3 is 5.97 Å². The number of anilines is 1. The molecule has 21 heavy (non-hydrogen) atoms. The van der Waals surface area contributed by atoms with E-state index in [9.17, 15) is 9.90 Å². The number of hydrogen-bond acceptors (Lipinski definition) is 4. The van der Waals surface area contributed by atoms with Crippen LogP contribution in [-0.2, 0) is 4.79 Å². The van der Waals surface area contributed by atoms with Crippen LogP contribution in [0.5, 0.6) is 5.75 Å². The molecule has 0 aliphatic rings. The molecule has 0 radical (unpaired) electrons. The molecule has 0 fully saturated rings. The molecule has 0 amide bonds. The minimum Gasteiger partial charge on any atom is -0.495 e. The lowest BCUT2D eigenvalue weighted by atomic mass is 9.88. The van der Waals surface area contributed by atoms with Crippen LogP contribution >= 0.6 is 12.2 Å². The Morgan fingerprint density at radius 3 is 2.67 bits per heavy atom. The number of para-hydroxylation sites is 2. The van der Waals surface area contributed by atoms with Crippen molar-refractivity contribution >= 4 is 29.0 Å². The largest absolute Gasteiger partial charge is 0.495 e. The average molecular weight is 312 g/mol. The Bertz CT molecular complexity index is 510. The van der Waals surface area contributed by atoms with Crippen LogP contribution in [0.15, 0.2) is 24.3 Å². The lowest BCUT2D eigenvalue weighted by Crippen LogP contribution is -2.41. The molecule has 1 aromatic carbocycles. The second kappa shape index (κ2) is 7.80. The summed E-state index contributed by atoms with van der Waals surface area (Å²) in [5.74, 6) is -0.311. The highest BCUT2D eigenvalue weighted by molar-refractivity contribution is 7.80. The zero-order chi connectivity index (χ0) is 15.9. The van der Waals surface area contributed by atoms with Crippen molar-refractivity contribution < 1.29 is 19.7 Å². The molecule has 1 atom stereocenters. The summed E-state index contributed by atoms with van der Waals surface area (Å²) >= 11 is 5.17. The van der Waals surface area contributed by atoms with Gasteiger partial charge in [-0.3, -0.25) is 4.79 Å². The lowest BCUT2D eigenvalue weighted by Gasteiger charge is -2.26. The molecule has 0 aromatic heterocycles. The molecule has 116 valence electrons. The van der Waals surface area contributed by atoms with Crippen molar-refractivity contribution in [3.05, 3.63) is 24.3 Å². The summed E-state index contributed by atoms with van der Waals surface area (Å²) in [6, 6.07) is 7.30. The van der Waals surface area contributed by atoms with Gasteiger partial charge in [-0.1, -0.05) is 19.1 Å². The Hall–Kier alpha value is -1.86. The maximum absolute atomic E-state index is 10.8. The number of hydrogen-bond donors (Lipinski definition) is 4. The number of aliphatic hydroxyl groups excluding tert-OH is 1. The highest BCUT2D eigenvalue weighted by Gasteiger charge is 2.27. The summed E-state index contributed by atoms with van der Waals surface area (Å²) in [6.45, 7) is 1.68. The van der Waals surface area contributed by atoms with Gasteiger partial charge in [0.2, 0.25) is 0 Å². The summed E-state index contributed by atoms with van der Waals surface area (Å²) in [7, 11) is 1.56. The molecule has 4 N–H and O–H groups in total. The minimum atomic E-state index is -0.961. The third-order valence-corrected chi connectivity index (χ3v) is 3.24. The van der Waals surface area contributed by atoms with Gasteiger partial charge in [-0.15, -0.1) is 0 Å². The average Bonchev–Trinajstić information content (AvgIpc) is 2.45. The molecular weight excluding hydrogens is 292 g/mol. The number of carboxylic acids is 1. The Kier molecular flexibility index (Phi) is 6.39. The van der Waals surface area contributed by atoms with Crippen LogP contribution in [0.4, 0.5) is 5.69 Å². The Morgan fingerprint density at radius 1 is 1.43 bits per heavy atom. The van der Waals surface area contributed by atoms with Gasteiger partial charge in [0.25, 0.3) is 0 Å². The second-order valence-electron chi connectivity index (χ2n) is 5.05. The van der Waals surface area contributed by atoms with Crippen LogP contribution in [0.25, 0.3) is 0 Å². The topological polar surface area (TPSA) is 90.8 Å². The number of ether oxygens (including phenoxy) is 1. The van der Waals surface area contributed by atoms with Gasteiger partial charge in [0.15, 0.2) is 5.11 Å². The number of thiocarbonyl (C=S) groups is 1. The fraction of sp³-hybridized carbons (Fsp3) is 0.429. The molecule has 0 heterocycles. The van der Waals surface area contributed by atoms with E-state index in [-0.39, 0.29) is 19.6 Å². The molecule has 0 saturated carbocycles. The van der Waals surface area contributed by atoms with E-state index in [0.717, 1.165) is 0 Å². The second-order valence-corrected chi connectivity index (χ2v) is 5.46. The molecule has 0 bridgehead atoms. The Labute approximate surface area is 129 Å². The summed E-state index contributed by atoms with van der Waals surface area (Å²) in [4.78, 5) is 10.8. The summed E-state index contributed by atoms with van der Waals surface area (Å²) < 4.78 is 5.20. The summed E-state index contributed by atoms with van der Waals surface area (Å²) in [5.41, 5.74) is -0.0698. The van der Waals surface area contributed by atoms with Crippen molar-refractivity contribution in [2.24, 2.45) is 5.41 Å². The third-order valence-electron chi connectivity index (χ3n) is 2.99. The molecule has 7 heteroatoms. The predicted molar refractivity (Wildman–Crippen MR) is 84.7 cm³/mol. The predicted octanol–water partition coefficient (Wildman–Crippen LogP) is 1.45. The van der Waals surface area contributed by atoms with Crippen LogP contribution < -0.4 is 15.4 Å². The summed E-state index contributed by atoms with van der Waals surface area (Å²) in [6.07, 6.45) is -0.145. The molecular formula is C14H20N2O4S. The zero-order valence-corrected chi connectivity index (χ0v) is 12.9. The maximum atomic E-state index is 10.8. The minimum absolute atomic E-state index is 0.145. The van der Waals surface area contributed by atoms with E-state index >= 15 is 0 Å². The van der Waals surface area contributed by atoms with Gasteiger partial charge in [0.05, 0.1) is 25.8 Å². The number of aliphatic carboxylic acids is 1. The number of rotatable bonds is 7. The quantitative estimate of drug-likeness (QED) is 0.567. The molecule has 0 saturated heterocycles. The lowest BCUT2D eigenvalue weighted by molar-refractivity contribution is -0.140. The van der Waals surface area contributed by atoms with E-state index < -0.39 is 11.4 Å². The zero-order valence-electron chi connectivity index (χ0n) is 12.0. The molecule has 1 unspecified atom stereocenters. The van der Waals surface area contributed by atoms with E-state index in [0.29, 0.717) is 16.5 Å². The van der Waals surface area contributed by atoms with Crippen LogP contribution in [0.3, 0.4) is 0 Å². The number of methoxy groups -OCH3 is 1. The first-order chi connectivity index (χ1) is 9.90. The Morgan fingerprint density at radius 2 is 2.10 bits per heavy atom. The van der Waals surface area contributed by atoms with E-state index in [1.165, 1.54) is 0 Å². The van der Waals surface area contributed by atoms with E-state index in [1.54, 1.807) is 20.1 Å². The van der Waals surface area contributed by atoms with Crippen molar-refractivity contribution in [3.63, 3.8) is 0 Å². The first-order valence-corrected chi connectivity index (χ1v) is 6.81. The normalized spacial score (nSPS) is 13.1. The molecule has 0 spiro atoms. The molecule has 1 aromatic rings. The van der Waals surface area contributed by atoms with Crippen molar-refractivity contribution in [2.75, 3.05) is 25.6 Å². The van der Waals surface area contributed by atoms with Gasteiger partial charge in [0, 0.05) is 12.0 Å². The van der Waals surface area contributed by atoms with Crippen molar-refractivity contribution in [1.82, 2.24) is 5.32 Å². The van der Waals surface area contributed by atoms with Crippen LogP contribution in [0, 0.1) is 5.41 Å². The van der Waals surface area contributed by atoms with Gasteiger partial charge < -0.3 is 25.6 Å².